The van der Waals surface area contributed by atoms with Gasteiger partial charge in [-0.25, -0.2) is 0 Å². The molecule has 1 aromatic rings. The van der Waals surface area contributed by atoms with E-state index in [4.69, 9.17) is 23.7 Å². The van der Waals surface area contributed by atoms with Crippen LogP contribution in [0.4, 0.5) is 0 Å². The lowest BCUT2D eigenvalue weighted by atomic mass is 9.89. The highest BCUT2D eigenvalue weighted by Gasteiger charge is 2.60. The van der Waals surface area contributed by atoms with Gasteiger partial charge in [-0.05, 0) is 5.56 Å². The van der Waals surface area contributed by atoms with Crippen molar-refractivity contribution in [2.75, 3.05) is 13.2 Å². The first-order valence-corrected chi connectivity index (χ1v) is 9.06. The second-order valence-electron chi connectivity index (χ2n) is 6.73. The fourth-order valence-corrected chi connectivity index (χ4v) is 3.16. The second-order valence-corrected chi connectivity index (χ2v) is 6.73. The molecule has 0 spiro atoms. The zero-order chi connectivity index (χ0) is 22.3. The summed E-state index contributed by atoms with van der Waals surface area (Å²) >= 11 is 0. The monoisotopic (exact) mass is 425 g/mol. The van der Waals surface area contributed by atoms with Crippen LogP contribution >= 0.6 is 0 Å². The van der Waals surface area contributed by atoms with Gasteiger partial charge in [-0.3, -0.25) is 24.5 Å². The summed E-state index contributed by atoms with van der Waals surface area (Å²) in [5, 5.41) is 11.3. The average Bonchev–Trinajstić information content (AvgIpc) is 2.63. The van der Waals surface area contributed by atoms with E-state index in [1.54, 1.807) is 24.3 Å². The fraction of sp³-hybridized carbons (Fsp3) is 0.526. The summed E-state index contributed by atoms with van der Waals surface area (Å²) in [4.78, 5) is 45.7. The minimum absolute atomic E-state index is 0.0614. The smallest absolute Gasteiger partial charge is 0.303 e. The first-order chi connectivity index (χ1) is 14.1. The molecule has 1 saturated heterocycles. The predicted octanol–water partition coefficient (Wildman–Crippen LogP) is 1.00. The van der Waals surface area contributed by atoms with E-state index < -0.39 is 60.1 Å². The number of rotatable bonds is 8. The zero-order valence-electron chi connectivity index (χ0n) is 16.8. The van der Waals surface area contributed by atoms with E-state index >= 15 is 0 Å². The maximum Gasteiger partial charge on any atom is 0.303 e. The molecule has 164 valence electrons. The Kier molecular flexibility index (Phi) is 7.84. The Morgan fingerprint density at radius 3 is 2.27 bits per heavy atom. The molecule has 30 heavy (non-hydrogen) atoms. The molecule has 0 bridgehead atoms. The van der Waals surface area contributed by atoms with Crippen molar-refractivity contribution in [2.45, 2.75) is 51.5 Å². The van der Waals surface area contributed by atoms with Gasteiger partial charge in [-0.2, -0.15) is 0 Å². The number of hydrogen-bond donors (Lipinski definition) is 0. The van der Waals surface area contributed by atoms with Gasteiger partial charge < -0.3 is 23.7 Å². The van der Waals surface area contributed by atoms with E-state index in [1.165, 1.54) is 0 Å². The topological polar surface area (TPSA) is 141 Å². The minimum atomic E-state index is -2.01. The summed E-state index contributed by atoms with van der Waals surface area (Å²) in [6.45, 7) is 1.84. The van der Waals surface area contributed by atoms with E-state index in [2.05, 4.69) is 0 Å². The van der Waals surface area contributed by atoms with Crippen molar-refractivity contribution < 1.29 is 43.0 Å². The highest BCUT2D eigenvalue weighted by molar-refractivity contribution is 5.69. The molecule has 3 unspecified atom stereocenters. The molecule has 4 atom stereocenters. The van der Waals surface area contributed by atoms with Gasteiger partial charge in [-0.1, -0.05) is 30.3 Å². The van der Waals surface area contributed by atoms with E-state index in [0.29, 0.717) is 0 Å². The normalized spacial score (nSPS) is 25.8. The maximum atomic E-state index is 11.7. The highest BCUT2D eigenvalue weighted by atomic mass is 16.7. The number of carbonyl (C=O) groups excluding carboxylic acids is 3. The summed E-state index contributed by atoms with van der Waals surface area (Å²) in [6, 6.07) is 9.01. The summed E-state index contributed by atoms with van der Waals surface area (Å²) < 4.78 is 27.0. The van der Waals surface area contributed by atoms with Crippen LogP contribution in [0.15, 0.2) is 30.3 Å². The number of nitrogens with zero attached hydrogens (tertiary/aromatic N) is 1. The van der Waals surface area contributed by atoms with Crippen LogP contribution in [-0.4, -0.2) is 60.1 Å². The Labute approximate surface area is 172 Å². The first-order valence-electron chi connectivity index (χ1n) is 9.06. The van der Waals surface area contributed by atoms with Crippen LogP contribution < -0.4 is 0 Å². The number of nitro groups is 1. The average molecular weight is 425 g/mol. The standard InChI is InChI=1S/C19H23NO10/c1-12(21)28-16-17(29-13(2)22)19(10-20(24)25,30-14(3)23)11-27-18(16)26-9-15-7-5-4-6-8-15/h4-8,16-18H,9-11H2,1-3H3/t16?,17?,18?,19-/m1/s1. The van der Waals surface area contributed by atoms with E-state index in [-0.39, 0.29) is 6.61 Å². The highest BCUT2D eigenvalue weighted by Crippen LogP contribution is 2.34. The SMILES string of the molecule is CC(=O)OC1C(OCc2ccccc2)OC[C@@](C[N+](=O)[O-])(OC(C)=O)C1OC(C)=O. The Hall–Kier alpha value is -3.05. The second kappa shape index (κ2) is 10.1. The van der Waals surface area contributed by atoms with E-state index in [0.717, 1.165) is 26.3 Å². The van der Waals surface area contributed by atoms with E-state index in [9.17, 15) is 24.5 Å². The third-order valence-electron chi connectivity index (χ3n) is 4.17. The molecule has 11 nitrogen and oxygen atoms in total. The van der Waals surface area contributed by atoms with Crippen LogP contribution in [-0.2, 0) is 44.7 Å². The van der Waals surface area contributed by atoms with Crippen molar-refractivity contribution in [1.82, 2.24) is 0 Å². The van der Waals surface area contributed by atoms with Crippen molar-refractivity contribution in [3.05, 3.63) is 46.0 Å². The van der Waals surface area contributed by atoms with Gasteiger partial charge >= 0.3 is 17.9 Å². The van der Waals surface area contributed by atoms with Gasteiger partial charge in [-0.15, -0.1) is 0 Å². The fourth-order valence-electron chi connectivity index (χ4n) is 3.16. The van der Waals surface area contributed by atoms with Crippen LogP contribution in [0.3, 0.4) is 0 Å². The molecule has 2 rings (SSSR count). The van der Waals surface area contributed by atoms with Gasteiger partial charge in [0.25, 0.3) is 0 Å². The lowest BCUT2D eigenvalue weighted by molar-refractivity contribution is -0.511. The van der Waals surface area contributed by atoms with Crippen molar-refractivity contribution >= 4 is 17.9 Å². The molecular weight excluding hydrogens is 402 g/mol. The van der Waals surface area contributed by atoms with Crippen LogP contribution in [0.2, 0.25) is 0 Å². The molecule has 0 saturated carbocycles. The zero-order valence-corrected chi connectivity index (χ0v) is 16.8. The molecule has 0 N–H and O–H groups in total. The molecule has 0 amide bonds. The van der Waals surface area contributed by atoms with Gasteiger partial charge in [0.2, 0.25) is 12.1 Å². The van der Waals surface area contributed by atoms with Crippen LogP contribution in [0.1, 0.15) is 26.3 Å². The molecular formula is C19H23NO10. The van der Waals surface area contributed by atoms with Crippen molar-refractivity contribution in [1.29, 1.82) is 0 Å². The van der Waals surface area contributed by atoms with Crippen molar-refractivity contribution in [3.8, 4) is 0 Å². The lowest BCUT2D eigenvalue weighted by Gasteiger charge is -2.45. The lowest BCUT2D eigenvalue weighted by Crippen LogP contribution is -2.67. The van der Waals surface area contributed by atoms with Crippen molar-refractivity contribution in [2.24, 2.45) is 0 Å². The molecule has 0 radical (unpaired) electrons. The van der Waals surface area contributed by atoms with Gasteiger partial charge in [0.1, 0.15) is 6.61 Å². The van der Waals surface area contributed by atoms with Crippen LogP contribution in [0.5, 0.6) is 0 Å². The Balaban J connectivity index is 2.38. The molecule has 1 aromatic carbocycles. The summed E-state index contributed by atoms with van der Waals surface area (Å²) in [6.07, 6.45) is -4.17. The Morgan fingerprint density at radius 1 is 1.10 bits per heavy atom. The first kappa shape index (κ1) is 23.2. The van der Waals surface area contributed by atoms with Gasteiger partial charge in [0.05, 0.1) is 6.61 Å². The third kappa shape index (κ3) is 6.22. The minimum Gasteiger partial charge on any atom is -0.454 e. The number of benzene rings is 1. The molecule has 11 heteroatoms. The van der Waals surface area contributed by atoms with Crippen LogP contribution in [0, 0.1) is 10.1 Å². The summed E-state index contributed by atoms with van der Waals surface area (Å²) in [5.41, 5.74) is -1.22. The Bertz CT molecular complexity index is 765. The largest absolute Gasteiger partial charge is 0.454 e. The molecule has 0 aromatic heterocycles. The van der Waals surface area contributed by atoms with Crippen molar-refractivity contribution in [3.63, 3.8) is 0 Å². The number of hydrogen-bond acceptors (Lipinski definition) is 10. The molecule has 1 aliphatic heterocycles. The number of ether oxygens (including phenoxy) is 5. The molecule has 1 heterocycles. The Morgan fingerprint density at radius 2 is 1.73 bits per heavy atom. The van der Waals surface area contributed by atoms with Gasteiger partial charge in [0, 0.05) is 25.7 Å². The third-order valence-corrected chi connectivity index (χ3v) is 4.17. The maximum absolute atomic E-state index is 11.7. The molecule has 1 aliphatic rings. The molecule has 0 aliphatic carbocycles. The predicted molar refractivity (Wildman–Crippen MR) is 98.4 cm³/mol. The summed E-state index contributed by atoms with van der Waals surface area (Å²) in [7, 11) is 0. The van der Waals surface area contributed by atoms with Gasteiger partial charge in [0.15, 0.2) is 18.5 Å². The quantitative estimate of drug-likeness (QED) is 0.256. The van der Waals surface area contributed by atoms with Crippen LogP contribution in [0.25, 0.3) is 0 Å². The number of esters is 3. The summed E-state index contributed by atoms with van der Waals surface area (Å²) in [5.74, 6) is -2.45. The molecule has 1 fully saturated rings. The van der Waals surface area contributed by atoms with E-state index in [1.807, 2.05) is 6.07 Å². The number of carbonyl (C=O) groups is 3.